The molecule has 7 rings (SSSR count). The first-order chi connectivity index (χ1) is 33.8. The van der Waals surface area contributed by atoms with Gasteiger partial charge in [0.1, 0.15) is 0 Å². The fourth-order valence-electron chi connectivity index (χ4n) is 12.2. The normalized spacial score (nSPS) is 12.4. The predicted molar refractivity (Wildman–Crippen MR) is 295 cm³/mol. The third kappa shape index (κ3) is 11.8. The Balaban J connectivity index is 1.28. The molecule has 374 valence electrons. The van der Waals surface area contributed by atoms with Crippen molar-refractivity contribution in [2.75, 3.05) is 0 Å². The van der Waals surface area contributed by atoms with E-state index in [1.807, 2.05) is 36.4 Å². The SMILES string of the molecule is CCCCCCCCCC(CCCCCCCCC)n1c(O)c2ccc3c4ccc5c6c4c(c(=N)cc-6c(=O)n(C(CCCCCCCCC)CCCCCCCCC)c5=O)c4ccc(c1=O)c2c34. The van der Waals surface area contributed by atoms with Crippen molar-refractivity contribution in [2.45, 2.75) is 245 Å². The van der Waals surface area contributed by atoms with E-state index in [-0.39, 0.29) is 40.0 Å². The molecule has 7 heteroatoms. The molecule has 5 aromatic rings. The van der Waals surface area contributed by atoms with Gasteiger partial charge in [0.25, 0.3) is 16.7 Å². The number of nitrogens with one attached hydrogen (secondary N) is 1. The highest BCUT2D eigenvalue weighted by atomic mass is 16.3. The molecule has 1 aliphatic carbocycles. The number of rotatable bonds is 34. The van der Waals surface area contributed by atoms with Crippen LogP contribution in [0, 0.1) is 5.41 Å². The summed E-state index contributed by atoms with van der Waals surface area (Å²) in [5.74, 6) is 0.0352. The zero-order valence-electron chi connectivity index (χ0n) is 43.4. The highest BCUT2D eigenvalue weighted by Crippen LogP contribution is 2.46. The Morgan fingerprint density at radius 3 is 1.22 bits per heavy atom. The van der Waals surface area contributed by atoms with E-state index in [2.05, 4.69) is 27.7 Å². The first-order valence-electron chi connectivity index (χ1n) is 28.5. The maximum Gasteiger partial charge on any atom is 0.261 e. The lowest BCUT2D eigenvalue weighted by Crippen LogP contribution is -2.38. The van der Waals surface area contributed by atoms with E-state index in [4.69, 9.17) is 0 Å². The minimum Gasteiger partial charge on any atom is -0.494 e. The average Bonchev–Trinajstić information content (AvgIpc) is 3.35. The average molecular weight is 938 g/mol. The number of pyridine rings is 2. The van der Waals surface area contributed by atoms with Gasteiger partial charge in [0.15, 0.2) is 0 Å². The van der Waals surface area contributed by atoms with Gasteiger partial charge in [-0.3, -0.25) is 23.5 Å². The van der Waals surface area contributed by atoms with Crippen LogP contribution in [0.4, 0.5) is 0 Å². The van der Waals surface area contributed by atoms with E-state index in [9.17, 15) is 24.9 Å². The van der Waals surface area contributed by atoms with Gasteiger partial charge >= 0.3 is 0 Å². The number of benzene rings is 5. The molecule has 0 atom stereocenters. The Bertz CT molecular complexity index is 2840. The van der Waals surface area contributed by atoms with E-state index < -0.39 is 0 Å². The summed E-state index contributed by atoms with van der Waals surface area (Å²) in [7, 11) is 0. The van der Waals surface area contributed by atoms with Crippen LogP contribution >= 0.6 is 0 Å². The second-order valence-corrected chi connectivity index (χ2v) is 21.3. The number of nitrogens with zero attached hydrogens (tertiary/aromatic N) is 2. The lowest BCUT2D eigenvalue weighted by atomic mass is 9.83. The van der Waals surface area contributed by atoms with Gasteiger partial charge in [0.2, 0.25) is 5.88 Å². The van der Waals surface area contributed by atoms with Crippen molar-refractivity contribution in [3.63, 3.8) is 0 Å². The molecule has 2 heterocycles. The van der Waals surface area contributed by atoms with Gasteiger partial charge in [-0.25, -0.2) is 0 Å². The molecule has 4 aromatic carbocycles. The molecule has 0 bridgehead atoms. The molecule has 0 amide bonds. The van der Waals surface area contributed by atoms with Crippen molar-refractivity contribution in [1.82, 2.24) is 9.13 Å². The molecular formula is C62H87N3O4. The summed E-state index contributed by atoms with van der Waals surface area (Å²) < 4.78 is 3.31. The molecule has 7 nitrogen and oxygen atoms in total. The fourth-order valence-corrected chi connectivity index (χ4v) is 12.2. The predicted octanol–water partition coefficient (Wildman–Crippen LogP) is 17.4. The topological polar surface area (TPSA) is 105 Å². The van der Waals surface area contributed by atoms with Gasteiger partial charge in [-0.1, -0.05) is 226 Å². The molecule has 0 saturated carbocycles. The van der Waals surface area contributed by atoms with Crippen molar-refractivity contribution < 1.29 is 5.11 Å². The van der Waals surface area contributed by atoms with Crippen molar-refractivity contribution in [3.8, 4) is 17.0 Å². The molecule has 2 aliphatic rings. The lowest BCUT2D eigenvalue weighted by molar-refractivity contribution is 0.333. The standard InChI is InChI=1S/C62H87N3O4/c1-5-9-13-17-21-25-29-33-44(34-30-26-22-18-14-10-6-2)64-59(66)49-40-37-46-47-38-41-51-56-52(43-53(63)57(58(47)56)48-39-42-50(60(64)67)55(49)54(46)48)62(69)65(61(51)68)45(35-31-27-23-19-15-11-7-3)36-32-28-24-20-16-12-8-4/h37-45,63,66H,5-36H2,1-4H3. The van der Waals surface area contributed by atoms with Crippen molar-refractivity contribution in [2.24, 2.45) is 0 Å². The minimum atomic E-state index is -0.274. The van der Waals surface area contributed by atoms with E-state index in [1.165, 1.54) is 128 Å². The van der Waals surface area contributed by atoms with Crippen LogP contribution < -0.4 is 22.0 Å². The van der Waals surface area contributed by atoms with Crippen LogP contribution in [0.25, 0.3) is 65.0 Å². The van der Waals surface area contributed by atoms with Crippen LogP contribution in [-0.4, -0.2) is 14.2 Å². The highest BCUT2D eigenvalue weighted by molar-refractivity contribution is 6.37. The molecule has 0 spiro atoms. The Morgan fingerprint density at radius 2 is 0.739 bits per heavy atom. The third-order valence-corrected chi connectivity index (χ3v) is 16.1. The zero-order valence-corrected chi connectivity index (χ0v) is 43.4. The first-order valence-corrected chi connectivity index (χ1v) is 28.5. The number of unbranched alkanes of at least 4 members (excludes halogenated alkanes) is 24. The maximum absolute atomic E-state index is 14.9. The summed E-state index contributed by atoms with van der Waals surface area (Å²) in [5.41, 5.74) is 0.440. The van der Waals surface area contributed by atoms with Gasteiger partial charge in [-0.15, -0.1) is 0 Å². The summed E-state index contributed by atoms with van der Waals surface area (Å²) in [4.78, 5) is 44.7. The minimum absolute atomic E-state index is 0.0352. The highest BCUT2D eigenvalue weighted by Gasteiger charge is 2.29. The maximum atomic E-state index is 14.9. The second kappa shape index (κ2) is 26.1. The zero-order chi connectivity index (χ0) is 48.7. The Labute approximate surface area is 413 Å². The number of hydrogen-bond donors (Lipinski definition) is 2. The van der Waals surface area contributed by atoms with Crippen molar-refractivity contribution in [3.05, 3.63) is 78.9 Å². The summed E-state index contributed by atoms with van der Waals surface area (Å²) >= 11 is 0. The summed E-state index contributed by atoms with van der Waals surface area (Å²) in [6, 6.07) is 13.3. The number of hydrogen-bond acceptors (Lipinski definition) is 5. The van der Waals surface area contributed by atoms with E-state index in [1.54, 1.807) is 15.2 Å². The van der Waals surface area contributed by atoms with Crippen LogP contribution in [-0.2, 0) is 0 Å². The Morgan fingerprint density at radius 1 is 0.391 bits per heavy atom. The molecular weight excluding hydrogens is 851 g/mol. The molecule has 1 aromatic heterocycles. The van der Waals surface area contributed by atoms with Gasteiger partial charge in [0.05, 0.1) is 10.9 Å². The first kappa shape index (κ1) is 52.3. The van der Waals surface area contributed by atoms with Gasteiger partial charge in [-0.05, 0) is 71.5 Å². The number of aromatic hydroxyl groups is 1. The Kier molecular flexibility index (Phi) is 19.8. The van der Waals surface area contributed by atoms with Crippen LogP contribution in [0.3, 0.4) is 0 Å². The summed E-state index contributed by atoms with van der Waals surface area (Å²) in [6.45, 7) is 8.99. The molecule has 0 saturated heterocycles. The molecule has 1 aliphatic heterocycles. The third-order valence-electron chi connectivity index (χ3n) is 16.1. The molecule has 69 heavy (non-hydrogen) atoms. The van der Waals surface area contributed by atoms with E-state index in [0.29, 0.717) is 32.7 Å². The summed E-state index contributed by atoms with van der Waals surface area (Å²) in [6.07, 6.45) is 36.7. The molecule has 0 radical (unpaired) electrons. The second-order valence-electron chi connectivity index (χ2n) is 21.3. The van der Waals surface area contributed by atoms with E-state index >= 15 is 0 Å². The largest absolute Gasteiger partial charge is 0.494 e. The van der Waals surface area contributed by atoms with Gasteiger partial charge < -0.3 is 10.5 Å². The Hall–Kier alpha value is -4.52. The quantitative estimate of drug-likeness (QED) is 0.0238. The molecule has 0 unspecified atom stereocenters. The van der Waals surface area contributed by atoms with Gasteiger partial charge in [0, 0.05) is 50.0 Å². The fraction of sp³-hybridized carbons (Fsp3) is 0.613. The lowest BCUT2D eigenvalue weighted by Gasteiger charge is -2.25. The number of fused-ring (bicyclic) bond motifs is 2. The smallest absolute Gasteiger partial charge is 0.261 e. The van der Waals surface area contributed by atoms with Gasteiger partial charge in [-0.2, -0.15) is 0 Å². The summed E-state index contributed by atoms with van der Waals surface area (Å²) in [5, 5.41) is 29.6. The number of aromatic nitrogens is 2. The van der Waals surface area contributed by atoms with Crippen LogP contribution in [0.5, 0.6) is 5.88 Å². The monoisotopic (exact) mass is 938 g/mol. The van der Waals surface area contributed by atoms with Crippen LogP contribution in [0.2, 0.25) is 0 Å². The van der Waals surface area contributed by atoms with Crippen LogP contribution in [0.1, 0.15) is 245 Å². The molecule has 2 N–H and O–H groups in total. The van der Waals surface area contributed by atoms with Crippen molar-refractivity contribution >= 4 is 53.9 Å². The van der Waals surface area contributed by atoms with E-state index in [0.717, 1.165) is 109 Å². The van der Waals surface area contributed by atoms with Crippen LogP contribution in [0.15, 0.2) is 56.8 Å². The van der Waals surface area contributed by atoms with Crippen molar-refractivity contribution in [1.29, 1.82) is 5.41 Å². The molecule has 0 fully saturated rings.